The van der Waals surface area contributed by atoms with Gasteiger partial charge in [0, 0.05) is 0 Å². The molecule has 1 aromatic heterocycles. The molecule has 2 N–H and O–H groups in total. The lowest BCUT2D eigenvalue weighted by molar-refractivity contribution is -0.125. The topological polar surface area (TPSA) is 88.8 Å². The Kier molecular flexibility index (Phi) is 4.83. The minimum atomic E-state index is -0.748. The van der Waals surface area contributed by atoms with Crippen LogP contribution < -0.4 is 5.32 Å². The summed E-state index contributed by atoms with van der Waals surface area (Å²) < 4.78 is 10.1. The van der Waals surface area contributed by atoms with Gasteiger partial charge in [-0.15, -0.1) is 0 Å². The molecule has 1 amide bonds. The minimum absolute atomic E-state index is 0.0342. The quantitative estimate of drug-likeness (QED) is 0.828. The maximum Gasteiger partial charge on any atom is 0.342 e. The number of esters is 1. The van der Waals surface area contributed by atoms with Gasteiger partial charge in [-0.25, -0.2) is 4.79 Å². The molecule has 1 heterocycles. The third-order valence-corrected chi connectivity index (χ3v) is 3.05. The molecule has 1 atom stereocenters. The molecule has 116 valence electrons. The molecule has 0 saturated heterocycles. The lowest BCUT2D eigenvalue weighted by atomic mass is 10.1. The summed E-state index contributed by atoms with van der Waals surface area (Å²) in [4.78, 5) is 23.6. The molecule has 6 heteroatoms. The molecule has 0 bridgehead atoms. The Bertz CT molecular complexity index is 663. The van der Waals surface area contributed by atoms with Gasteiger partial charge in [0.15, 0.2) is 6.61 Å². The van der Waals surface area contributed by atoms with Crippen molar-refractivity contribution in [1.82, 2.24) is 5.32 Å². The molecule has 22 heavy (non-hydrogen) atoms. The zero-order chi connectivity index (χ0) is 16.1. The molecule has 2 aromatic rings. The molecular formula is C16H17NO5. The summed E-state index contributed by atoms with van der Waals surface area (Å²) in [7, 11) is 0. The number of benzene rings is 1. The van der Waals surface area contributed by atoms with Crippen LogP contribution in [0.1, 0.15) is 34.6 Å². The first kappa shape index (κ1) is 15.6. The highest BCUT2D eigenvalue weighted by Gasteiger charge is 2.16. The van der Waals surface area contributed by atoms with Crippen molar-refractivity contribution in [3.05, 3.63) is 53.5 Å². The third-order valence-electron chi connectivity index (χ3n) is 3.05. The van der Waals surface area contributed by atoms with Crippen LogP contribution in [0.2, 0.25) is 0 Å². The monoisotopic (exact) mass is 303 g/mol. The van der Waals surface area contributed by atoms with Crippen molar-refractivity contribution in [1.29, 1.82) is 0 Å². The van der Waals surface area contributed by atoms with E-state index in [4.69, 9.17) is 9.15 Å². The number of hydrogen-bond donors (Lipinski definition) is 2. The number of carbonyl (C=O) groups excluding carboxylic acids is 2. The Morgan fingerprint density at radius 1 is 1.36 bits per heavy atom. The fraction of sp³-hybridized carbons (Fsp3) is 0.250. The van der Waals surface area contributed by atoms with Gasteiger partial charge in [0.25, 0.3) is 5.91 Å². The second kappa shape index (κ2) is 6.80. The molecule has 2 rings (SSSR count). The van der Waals surface area contributed by atoms with E-state index >= 15 is 0 Å². The fourth-order valence-corrected chi connectivity index (χ4v) is 1.91. The number of hydrogen-bond acceptors (Lipinski definition) is 5. The highest BCUT2D eigenvalue weighted by atomic mass is 16.5. The van der Waals surface area contributed by atoms with Crippen LogP contribution in [0.5, 0.6) is 5.75 Å². The molecule has 1 aromatic carbocycles. The van der Waals surface area contributed by atoms with Gasteiger partial charge in [-0.05, 0) is 38.1 Å². The van der Waals surface area contributed by atoms with Crippen LogP contribution in [-0.4, -0.2) is 23.6 Å². The standard InChI is InChI=1S/C16H17NO5/c1-10-5-6-13(18)12(8-10)16(20)22-9-15(19)17-11(2)14-4-3-7-21-14/h3-8,11,18H,9H2,1-2H3,(H,17,19)/t11-/m1/s1. The zero-order valence-corrected chi connectivity index (χ0v) is 12.3. The van der Waals surface area contributed by atoms with Gasteiger partial charge < -0.3 is 19.6 Å². The highest BCUT2D eigenvalue weighted by Crippen LogP contribution is 2.19. The number of nitrogens with one attached hydrogen (secondary N) is 1. The summed E-state index contributed by atoms with van der Waals surface area (Å²) in [5, 5.41) is 12.3. The van der Waals surface area contributed by atoms with Crippen LogP contribution in [0.25, 0.3) is 0 Å². The van der Waals surface area contributed by atoms with Gasteiger partial charge in [0.2, 0.25) is 0 Å². The smallest absolute Gasteiger partial charge is 0.342 e. The Hall–Kier alpha value is -2.76. The molecule has 0 aliphatic rings. The molecule has 6 nitrogen and oxygen atoms in total. The van der Waals surface area contributed by atoms with Crippen molar-refractivity contribution in [2.45, 2.75) is 19.9 Å². The summed E-state index contributed by atoms with van der Waals surface area (Å²) in [6, 6.07) is 7.71. The number of amides is 1. The van der Waals surface area contributed by atoms with Crippen molar-refractivity contribution < 1.29 is 23.8 Å². The first-order valence-electron chi connectivity index (χ1n) is 6.77. The molecule has 0 radical (unpaired) electrons. The lowest BCUT2D eigenvalue weighted by Gasteiger charge is -2.12. The van der Waals surface area contributed by atoms with Crippen LogP contribution in [0, 0.1) is 6.92 Å². The Morgan fingerprint density at radius 2 is 2.14 bits per heavy atom. The van der Waals surface area contributed by atoms with E-state index in [9.17, 15) is 14.7 Å². The number of rotatable bonds is 5. The second-order valence-electron chi connectivity index (χ2n) is 4.90. The average Bonchev–Trinajstić information content (AvgIpc) is 3.01. The van der Waals surface area contributed by atoms with E-state index in [1.54, 1.807) is 32.0 Å². The summed E-state index contributed by atoms with van der Waals surface area (Å²) in [6.07, 6.45) is 1.51. The average molecular weight is 303 g/mol. The van der Waals surface area contributed by atoms with E-state index in [1.165, 1.54) is 18.4 Å². The van der Waals surface area contributed by atoms with E-state index < -0.39 is 18.5 Å². The number of furan rings is 1. The predicted octanol–water partition coefficient (Wildman–Crippen LogP) is 2.33. The molecule has 0 aliphatic carbocycles. The Balaban J connectivity index is 1.88. The van der Waals surface area contributed by atoms with E-state index in [0.29, 0.717) is 5.76 Å². The molecule has 0 fully saturated rings. The van der Waals surface area contributed by atoms with Gasteiger partial charge in [-0.2, -0.15) is 0 Å². The van der Waals surface area contributed by atoms with Crippen LogP contribution in [0.4, 0.5) is 0 Å². The van der Waals surface area contributed by atoms with Crippen LogP contribution in [-0.2, 0) is 9.53 Å². The second-order valence-corrected chi connectivity index (χ2v) is 4.90. The van der Waals surface area contributed by atoms with Crippen LogP contribution in [0.3, 0.4) is 0 Å². The van der Waals surface area contributed by atoms with Crippen molar-refractivity contribution in [3.63, 3.8) is 0 Å². The van der Waals surface area contributed by atoms with E-state index in [2.05, 4.69) is 5.32 Å². The summed E-state index contributed by atoms with van der Waals surface area (Å²) >= 11 is 0. The van der Waals surface area contributed by atoms with Gasteiger partial charge in [-0.1, -0.05) is 11.6 Å². The first-order chi connectivity index (χ1) is 10.5. The van der Waals surface area contributed by atoms with Crippen LogP contribution >= 0.6 is 0 Å². The third kappa shape index (κ3) is 3.88. The van der Waals surface area contributed by atoms with Crippen molar-refractivity contribution in [2.75, 3.05) is 6.61 Å². The predicted molar refractivity (Wildman–Crippen MR) is 78.4 cm³/mol. The van der Waals surface area contributed by atoms with Crippen molar-refractivity contribution in [3.8, 4) is 5.75 Å². The zero-order valence-electron chi connectivity index (χ0n) is 12.3. The molecule has 0 aliphatic heterocycles. The van der Waals surface area contributed by atoms with Crippen molar-refractivity contribution in [2.24, 2.45) is 0 Å². The van der Waals surface area contributed by atoms with Gasteiger partial charge >= 0.3 is 5.97 Å². The molecule has 0 spiro atoms. The minimum Gasteiger partial charge on any atom is -0.507 e. The summed E-state index contributed by atoms with van der Waals surface area (Å²) in [5.74, 6) is -0.776. The van der Waals surface area contributed by atoms with Crippen molar-refractivity contribution >= 4 is 11.9 Å². The van der Waals surface area contributed by atoms with E-state index in [1.807, 2.05) is 0 Å². The number of carbonyl (C=O) groups is 2. The molecule has 0 unspecified atom stereocenters. The maximum absolute atomic E-state index is 11.9. The molecular weight excluding hydrogens is 286 g/mol. The fourth-order valence-electron chi connectivity index (χ4n) is 1.91. The Labute approximate surface area is 127 Å². The number of ether oxygens (including phenoxy) is 1. The normalized spacial score (nSPS) is 11.7. The maximum atomic E-state index is 11.9. The van der Waals surface area contributed by atoms with E-state index in [-0.39, 0.29) is 17.4 Å². The number of phenols is 1. The van der Waals surface area contributed by atoms with Crippen LogP contribution in [0.15, 0.2) is 41.0 Å². The summed E-state index contributed by atoms with van der Waals surface area (Å²) in [6.45, 7) is 3.11. The lowest BCUT2D eigenvalue weighted by Crippen LogP contribution is -2.31. The van der Waals surface area contributed by atoms with Gasteiger partial charge in [-0.3, -0.25) is 4.79 Å². The largest absolute Gasteiger partial charge is 0.507 e. The summed E-state index contributed by atoms with van der Waals surface area (Å²) in [5.41, 5.74) is 0.840. The van der Waals surface area contributed by atoms with E-state index in [0.717, 1.165) is 5.56 Å². The molecule has 0 saturated carbocycles. The number of aromatic hydroxyl groups is 1. The number of phenolic OH excluding ortho intramolecular Hbond substituents is 1. The Morgan fingerprint density at radius 3 is 2.82 bits per heavy atom. The van der Waals surface area contributed by atoms with Gasteiger partial charge in [0.1, 0.15) is 17.1 Å². The SMILES string of the molecule is Cc1ccc(O)c(C(=O)OCC(=O)N[C@H](C)c2ccco2)c1. The van der Waals surface area contributed by atoms with Gasteiger partial charge in [0.05, 0.1) is 12.3 Å². The highest BCUT2D eigenvalue weighted by molar-refractivity contribution is 5.94. The first-order valence-corrected chi connectivity index (χ1v) is 6.77. The number of aryl methyl sites for hydroxylation is 1.